The zero-order chi connectivity index (χ0) is 13.5. The number of rotatable bonds is 3. The highest BCUT2D eigenvalue weighted by atomic mass is 35.5. The number of carbonyl (C=O) groups is 1. The Morgan fingerprint density at radius 3 is 2.42 bits per heavy atom. The second-order valence-corrected chi connectivity index (χ2v) is 4.42. The molecule has 1 aromatic rings. The summed E-state index contributed by atoms with van der Waals surface area (Å²) in [5.41, 5.74) is 6.04. The molecule has 0 fully saturated rings. The fourth-order valence-electron chi connectivity index (χ4n) is 1.27. The first kappa shape index (κ1) is 17.5. The molecule has 3 N–H and O–H groups in total. The van der Waals surface area contributed by atoms with Gasteiger partial charge in [-0.15, -0.1) is 12.4 Å². The highest BCUT2D eigenvalue weighted by molar-refractivity contribution is 6.30. The van der Waals surface area contributed by atoms with E-state index in [-0.39, 0.29) is 18.4 Å². The van der Waals surface area contributed by atoms with Crippen LogP contribution in [-0.2, 0) is 0 Å². The van der Waals surface area contributed by atoms with Gasteiger partial charge in [-0.2, -0.15) is 0 Å². The van der Waals surface area contributed by atoms with Crippen LogP contribution in [0.2, 0.25) is 5.02 Å². The van der Waals surface area contributed by atoms with E-state index in [1.54, 1.807) is 18.2 Å². The van der Waals surface area contributed by atoms with Gasteiger partial charge in [0.2, 0.25) is 0 Å². The van der Waals surface area contributed by atoms with E-state index >= 15 is 0 Å². The number of nitrogens with two attached hydrogens (primary N) is 1. The zero-order valence-corrected chi connectivity index (χ0v) is 12.3. The minimum Gasteiger partial charge on any atom is -0.351 e. The zero-order valence-electron chi connectivity index (χ0n) is 10.8. The number of nitrogens with one attached hydrogen (secondary N) is 1. The SMILES string of the molecule is CC(C)N=C(/C=C/c1ccc(Cl)cc1)NC(N)=O.Cl. The van der Waals surface area contributed by atoms with Gasteiger partial charge in [-0.05, 0) is 37.6 Å². The molecule has 0 aromatic heterocycles. The predicted octanol–water partition coefficient (Wildman–Crippen LogP) is 3.25. The van der Waals surface area contributed by atoms with E-state index in [4.69, 9.17) is 17.3 Å². The lowest BCUT2D eigenvalue weighted by atomic mass is 10.2. The van der Waals surface area contributed by atoms with Gasteiger partial charge in [0.15, 0.2) is 0 Å². The van der Waals surface area contributed by atoms with E-state index in [9.17, 15) is 4.79 Å². The molecule has 0 unspecified atom stereocenters. The summed E-state index contributed by atoms with van der Waals surface area (Å²) < 4.78 is 0. The largest absolute Gasteiger partial charge is 0.351 e. The normalized spacial score (nSPS) is 11.5. The third kappa shape index (κ3) is 7.49. The molecule has 1 aromatic carbocycles. The van der Waals surface area contributed by atoms with E-state index in [0.717, 1.165) is 5.56 Å². The first-order valence-electron chi connectivity index (χ1n) is 5.55. The molecule has 0 saturated heterocycles. The van der Waals surface area contributed by atoms with Gasteiger partial charge in [-0.3, -0.25) is 10.3 Å². The molecule has 6 heteroatoms. The summed E-state index contributed by atoms with van der Waals surface area (Å²) >= 11 is 5.79. The van der Waals surface area contributed by atoms with Crippen molar-refractivity contribution in [1.82, 2.24) is 5.32 Å². The Labute approximate surface area is 124 Å². The summed E-state index contributed by atoms with van der Waals surface area (Å²) in [7, 11) is 0. The quantitative estimate of drug-likeness (QED) is 0.653. The second kappa shape index (κ2) is 8.56. The number of hydrogen-bond acceptors (Lipinski definition) is 2. The average Bonchev–Trinajstić information content (AvgIpc) is 2.26. The maximum Gasteiger partial charge on any atom is 0.317 e. The van der Waals surface area contributed by atoms with Gasteiger partial charge in [0.1, 0.15) is 5.84 Å². The summed E-state index contributed by atoms with van der Waals surface area (Å²) in [6.45, 7) is 3.83. The third-order valence-corrected chi connectivity index (χ3v) is 2.20. The van der Waals surface area contributed by atoms with Crippen LogP contribution < -0.4 is 11.1 Å². The molecule has 0 heterocycles. The monoisotopic (exact) mass is 301 g/mol. The molecular formula is C13H17Cl2N3O. The number of amidine groups is 1. The number of hydrogen-bond donors (Lipinski definition) is 2. The number of aliphatic imine (C=N–C) groups is 1. The number of amides is 2. The summed E-state index contributed by atoms with van der Waals surface area (Å²) in [5, 5.41) is 3.15. The number of urea groups is 1. The van der Waals surface area contributed by atoms with Gasteiger partial charge in [0.25, 0.3) is 0 Å². The topological polar surface area (TPSA) is 67.5 Å². The molecule has 0 aliphatic heterocycles. The molecule has 104 valence electrons. The molecule has 0 aliphatic carbocycles. The first-order chi connectivity index (χ1) is 8.47. The lowest BCUT2D eigenvalue weighted by molar-refractivity contribution is 0.253. The molecule has 0 atom stereocenters. The fraction of sp³-hybridized carbons (Fsp3) is 0.231. The summed E-state index contributed by atoms with van der Waals surface area (Å²) in [4.78, 5) is 15.1. The molecule has 0 aliphatic rings. The fourth-order valence-corrected chi connectivity index (χ4v) is 1.40. The molecule has 19 heavy (non-hydrogen) atoms. The van der Waals surface area contributed by atoms with Crippen molar-refractivity contribution in [2.24, 2.45) is 10.7 Å². The van der Waals surface area contributed by atoms with Gasteiger partial charge in [0, 0.05) is 11.1 Å². The Morgan fingerprint density at radius 2 is 1.95 bits per heavy atom. The Morgan fingerprint density at radius 1 is 1.37 bits per heavy atom. The van der Waals surface area contributed by atoms with Crippen LogP contribution in [-0.4, -0.2) is 17.9 Å². The molecule has 2 amide bonds. The van der Waals surface area contributed by atoms with E-state index in [2.05, 4.69) is 10.3 Å². The maximum atomic E-state index is 10.8. The Bertz CT molecular complexity index is 467. The lowest BCUT2D eigenvalue weighted by Gasteiger charge is -2.04. The number of benzene rings is 1. The predicted molar refractivity (Wildman–Crippen MR) is 83.0 cm³/mol. The average molecular weight is 302 g/mol. The van der Waals surface area contributed by atoms with Crippen LogP contribution in [0.3, 0.4) is 0 Å². The maximum absolute atomic E-state index is 10.8. The Kier molecular flexibility index (Phi) is 7.87. The highest BCUT2D eigenvalue weighted by Gasteiger charge is 1.99. The Hall–Kier alpha value is -1.52. The van der Waals surface area contributed by atoms with Gasteiger partial charge in [0.05, 0.1) is 0 Å². The molecule has 0 saturated carbocycles. The van der Waals surface area contributed by atoms with Crippen LogP contribution in [0.5, 0.6) is 0 Å². The van der Waals surface area contributed by atoms with Crippen LogP contribution in [0, 0.1) is 0 Å². The van der Waals surface area contributed by atoms with Crippen molar-refractivity contribution < 1.29 is 4.79 Å². The molecule has 0 bridgehead atoms. The molecular weight excluding hydrogens is 285 g/mol. The highest BCUT2D eigenvalue weighted by Crippen LogP contribution is 2.10. The van der Waals surface area contributed by atoms with Crippen LogP contribution >= 0.6 is 24.0 Å². The number of halogens is 2. The van der Waals surface area contributed by atoms with Crippen LogP contribution in [0.1, 0.15) is 19.4 Å². The van der Waals surface area contributed by atoms with Gasteiger partial charge >= 0.3 is 6.03 Å². The summed E-state index contributed by atoms with van der Waals surface area (Å²) in [6.07, 6.45) is 3.53. The Balaban J connectivity index is 0.00000324. The third-order valence-electron chi connectivity index (χ3n) is 1.95. The van der Waals surface area contributed by atoms with Gasteiger partial charge in [-0.1, -0.05) is 29.8 Å². The van der Waals surface area contributed by atoms with Gasteiger partial charge in [-0.25, -0.2) is 4.79 Å². The summed E-state index contributed by atoms with van der Waals surface area (Å²) in [6, 6.07) is 6.77. The van der Waals surface area contributed by atoms with Gasteiger partial charge < -0.3 is 5.73 Å². The van der Waals surface area contributed by atoms with E-state index in [1.807, 2.05) is 32.1 Å². The molecule has 4 nitrogen and oxygen atoms in total. The van der Waals surface area contributed by atoms with Crippen LogP contribution in [0.15, 0.2) is 35.3 Å². The lowest BCUT2D eigenvalue weighted by Crippen LogP contribution is -2.34. The number of nitrogens with zero attached hydrogens (tertiary/aromatic N) is 1. The van der Waals surface area contributed by atoms with Crippen molar-refractivity contribution in [2.45, 2.75) is 19.9 Å². The van der Waals surface area contributed by atoms with Crippen molar-refractivity contribution >= 4 is 42.0 Å². The number of primary amides is 1. The van der Waals surface area contributed by atoms with E-state index < -0.39 is 6.03 Å². The van der Waals surface area contributed by atoms with Crippen molar-refractivity contribution in [2.75, 3.05) is 0 Å². The van der Waals surface area contributed by atoms with Crippen molar-refractivity contribution in [3.8, 4) is 0 Å². The smallest absolute Gasteiger partial charge is 0.317 e. The molecule has 0 spiro atoms. The van der Waals surface area contributed by atoms with Crippen molar-refractivity contribution in [1.29, 1.82) is 0 Å². The molecule has 1 rings (SSSR count). The second-order valence-electron chi connectivity index (χ2n) is 3.98. The van der Waals surface area contributed by atoms with Crippen LogP contribution in [0.4, 0.5) is 4.79 Å². The van der Waals surface area contributed by atoms with E-state index in [0.29, 0.717) is 10.9 Å². The summed E-state index contributed by atoms with van der Waals surface area (Å²) in [5.74, 6) is 0.437. The standard InChI is InChI=1S/C13H16ClN3O.ClH/c1-9(2)16-12(17-13(15)18)8-5-10-3-6-11(14)7-4-10;/h3-9H,1-2H3,(H3,15,16,17,18);1H/b8-5+;. The number of carbonyl (C=O) groups excluding carboxylic acids is 1. The molecule has 0 radical (unpaired) electrons. The minimum atomic E-state index is -0.629. The van der Waals surface area contributed by atoms with Crippen molar-refractivity contribution in [3.05, 3.63) is 40.9 Å². The minimum absolute atomic E-state index is 0. The van der Waals surface area contributed by atoms with E-state index in [1.165, 1.54) is 0 Å². The van der Waals surface area contributed by atoms with Crippen molar-refractivity contribution in [3.63, 3.8) is 0 Å². The first-order valence-corrected chi connectivity index (χ1v) is 5.93. The van der Waals surface area contributed by atoms with Crippen LogP contribution in [0.25, 0.3) is 6.08 Å².